The van der Waals surface area contributed by atoms with Gasteiger partial charge in [0.25, 0.3) is 0 Å². The molecule has 1 saturated carbocycles. The summed E-state index contributed by atoms with van der Waals surface area (Å²) >= 11 is 6.12. The van der Waals surface area contributed by atoms with Crippen LogP contribution in [0.3, 0.4) is 0 Å². The minimum Gasteiger partial charge on any atom is -0.497 e. The lowest BCUT2D eigenvalue weighted by Gasteiger charge is -2.42. The minimum absolute atomic E-state index is 0.188. The molecule has 2 unspecified atom stereocenters. The second-order valence-electron chi connectivity index (χ2n) is 9.72. The number of ether oxygens (including phenoxy) is 1. The molecule has 178 valence electrons. The predicted molar refractivity (Wildman–Crippen MR) is 137 cm³/mol. The zero-order chi connectivity index (χ0) is 23.3. The predicted octanol–water partition coefficient (Wildman–Crippen LogP) is 5.14. The molecule has 0 amide bonds. The standard InChI is InChI=1S/C28H37ClN2O2/c1-30-14-16-31(17-15-30)21-25-8-4-3-7-24(18-22-10-12-26(29)13-11-22)28(25,32)20-23-6-5-9-27(19-23)33-2/h5-6,9-13,18-19,25,32H,3-4,7-8,14-17,20-21H2,1-2H3. The highest BCUT2D eigenvalue weighted by Gasteiger charge is 2.42. The Morgan fingerprint density at radius 3 is 2.58 bits per heavy atom. The minimum atomic E-state index is -0.897. The van der Waals surface area contributed by atoms with Crippen LogP contribution in [0, 0.1) is 5.92 Å². The largest absolute Gasteiger partial charge is 0.497 e. The van der Waals surface area contributed by atoms with Gasteiger partial charge in [-0.05, 0) is 67.3 Å². The Morgan fingerprint density at radius 1 is 1.09 bits per heavy atom. The van der Waals surface area contributed by atoms with Gasteiger partial charge in [0.2, 0.25) is 0 Å². The van der Waals surface area contributed by atoms with E-state index in [1.54, 1.807) is 7.11 Å². The zero-order valence-corrected chi connectivity index (χ0v) is 20.7. The first-order chi connectivity index (χ1) is 16.0. The smallest absolute Gasteiger partial charge is 0.119 e. The molecule has 0 spiro atoms. The number of benzene rings is 2. The third-order valence-corrected chi connectivity index (χ3v) is 7.63. The Hall–Kier alpha value is -1.85. The van der Waals surface area contributed by atoms with Crippen LogP contribution >= 0.6 is 11.6 Å². The van der Waals surface area contributed by atoms with E-state index < -0.39 is 5.60 Å². The molecular weight excluding hydrogens is 432 g/mol. The van der Waals surface area contributed by atoms with E-state index in [-0.39, 0.29) is 5.92 Å². The van der Waals surface area contributed by atoms with Gasteiger partial charge in [-0.1, -0.05) is 48.4 Å². The lowest BCUT2D eigenvalue weighted by Crippen LogP contribution is -2.51. The van der Waals surface area contributed by atoms with Crippen LogP contribution in [0.5, 0.6) is 5.75 Å². The molecule has 4 nitrogen and oxygen atoms in total. The fourth-order valence-corrected chi connectivity index (χ4v) is 5.44. The molecule has 2 aliphatic rings. The lowest BCUT2D eigenvalue weighted by molar-refractivity contribution is -0.00645. The Bertz CT molecular complexity index is 937. The molecule has 1 saturated heterocycles. The van der Waals surface area contributed by atoms with Crippen molar-refractivity contribution >= 4 is 17.7 Å². The van der Waals surface area contributed by atoms with Crippen molar-refractivity contribution in [2.24, 2.45) is 5.92 Å². The van der Waals surface area contributed by atoms with E-state index in [9.17, 15) is 5.11 Å². The van der Waals surface area contributed by atoms with Crippen LogP contribution in [0.25, 0.3) is 6.08 Å². The van der Waals surface area contributed by atoms with Gasteiger partial charge in [-0.25, -0.2) is 0 Å². The second-order valence-corrected chi connectivity index (χ2v) is 10.2. The highest BCUT2D eigenvalue weighted by Crippen LogP contribution is 2.41. The maximum Gasteiger partial charge on any atom is 0.119 e. The molecular formula is C28H37ClN2O2. The molecule has 5 heteroatoms. The summed E-state index contributed by atoms with van der Waals surface area (Å²) in [5.74, 6) is 1.02. The van der Waals surface area contributed by atoms with Gasteiger partial charge < -0.3 is 19.6 Å². The van der Waals surface area contributed by atoms with Gasteiger partial charge in [0.05, 0.1) is 12.7 Å². The molecule has 1 aliphatic carbocycles. The average molecular weight is 469 g/mol. The van der Waals surface area contributed by atoms with Gasteiger partial charge in [-0.3, -0.25) is 0 Å². The summed E-state index contributed by atoms with van der Waals surface area (Å²) in [4.78, 5) is 4.93. The SMILES string of the molecule is COc1cccc(CC2(O)C(=Cc3ccc(Cl)cc3)CCCCC2CN2CCN(C)CC2)c1. The number of rotatable bonds is 6. The van der Waals surface area contributed by atoms with Gasteiger partial charge in [0.15, 0.2) is 0 Å². The summed E-state index contributed by atoms with van der Waals surface area (Å²) < 4.78 is 5.47. The number of methoxy groups -OCH3 is 1. The van der Waals surface area contributed by atoms with Gasteiger partial charge in [0, 0.05) is 50.1 Å². The molecule has 2 fully saturated rings. The molecule has 2 aromatic rings. The van der Waals surface area contributed by atoms with E-state index in [1.165, 1.54) is 0 Å². The number of hydrogen-bond donors (Lipinski definition) is 1. The van der Waals surface area contributed by atoms with Crippen LogP contribution in [0.2, 0.25) is 5.02 Å². The summed E-state index contributed by atoms with van der Waals surface area (Å²) in [6, 6.07) is 16.1. The molecule has 2 aromatic carbocycles. The number of likely N-dealkylation sites (N-methyl/N-ethyl adjacent to an activating group) is 1. The topological polar surface area (TPSA) is 35.9 Å². The zero-order valence-electron chi connectivity index (χ0n) is 20.0. The first-order valence-electron chi connectivity index (χ1n) is 12.2. The summed E-state index contributed by atoms with van der Waals surface area (Å²) in [5, 5.41) is 13.2. The van der Waals surface area contributed by atoms with E-state index in [4.69, 9.17) is 16.3 Å². The summed E-state index contributed by atoms with van der Waals surface area (Å²) in [5.41, 5.74) is 2.46. The van der Waals surface area contributed by atoms with Crippen molar-refractivity contribution in [3.63, 3.8) is 0 Å². The van der Waals surface area contributed by atoms with Gasteiger partial charge in [-0.2, -0.15) is 0 Å². The molecule has 1 aliphatic heterocycles. The highest BCUT2D eigenvalue weighted by atomic mass is 35.5. The van der Waals surface area contributed by atoms with Crippen LogP contribution in [0.1, 0.15) is 36.8 Å². The molecule has 0 aromatic heterocycles. The van der Waals surface area contributed by atoms with Crippen molar-refractivity contribution in [1.29, 1.82) is 0 Å². The van der Waals surface area contributed by atoms with Crippen molar-refractivity contribution in [3.8, 4) is 5.75 Å². The lowest BCUT2D eigenvalue weighted by atomic mass is 9.74. The van der Waals surface area contributed by atoms with Crippen LogP contribution in [-0.4, -0.2) is 67.4 Å². The third kappa shape index (κ3) is 6.19. The Balaban J connectivity index is 1.68. The number of halogens is 1. The fraction of sp³-hybridized carbons (Fsp3) is 0.500. The Kier molecular flexibility index (Phi) is 8.13. The summed E-state index contributed by atoms with van der Waals surface area (Å²) in [6.45, 7) is 5.26. The number of piperazine rings is 1. The third-order valence-electron chi connectivity index (χ3n) is 7.37. The van der Waals surface area contributed by atoms with Crippen LogP contribution < -0.4 is 4.74 Å². The number of hydrogen-bond acceptors (Lipinski definition) is 4. The first-order valence-corrected chi connectivity index (χ1v) is 12.6. The molecule has 4 rings (SSSR count). The molecule has 2 atom stereocenters. The van der Waals surface area contributed by atoms with Crippen LogP contribution in [0.4, 0.5) is 0 Å². The number of aliphatic hydroxyl groups is 1. The van der Waals surface area contributed by atoms with Crippen LogP contribution in [0.15, 0.2) is 54.1 Å². The second kappa shape index (κ2) is 11.1. The Morgan fingerprint density at radius 2 is 1.85 bits per heavy atom. The summed E-state index contributed by atoms with van der Waals surface area (Å²) in [7, 11) is 3.89. The molecule has 1 N–H and O–H groups in total. The molecule has 1 heterocycles. The van der Waals surface area contributed by atoms with Gasteiger partial charge in [0.1, 0.15) is 5.75 Å². The fourth-order valence-electron chi connectivity index (χ4n) is 5.32. The van der Waals surface area contributed by atoms with E-state index >= 15 is 0 Å². The monoisotopic (exact) mass is 468 g/mol. The van der Waals surface area contributed by atoms with Crippen molar-refractivity contribution in [1.82, 2.24) is 9.80 Å². The van der Waals surface area contributed by atoms with Crippen molar-refractivity contribution in [3.05, 3.63) is 70.3 Å². The van der Waals surface area contributed by atoms with Crippen LogP contribution in [-0.2, 0) is 6.42 Å². The van der Waals surface area contributed by atoms with Crippen molar-refractivity contribution < 1.29 is 9.84 Å². The van der Waals surface area contributed by atoms with Gasteiger partial charge >= 0.3 is 0 Å². The maximum absolute atomic E-state index is 12.5. The Labute approximate surface area is 203 Å². The maximum atomic E-state index is 12.5. The molecule has 33 heavy (non-hydrogen) atoms. The normalized spacial score (nSPS) is 26.3. The summed E-state index contributed by atoms with van der Waals surface area (Å²) in [6.07, 6.45) is 7.03. The van der Waals surface area contributed by atoms with Crippen molar-refractivity contribution in [2.45, 2.75) is 37.7 Å². The van der Waals surface area contributed by atoms with E-state index in [2.05, 4.69) is 35.1 Å². The number of nitrogens with zero attached hydrogens (tertiary/aromatic N) is 2. The van der Waals surface area contributed by atoms with E-state index in [0.717, 1.165) is 85.9 Å². The first kappa shape index (κ1) is 24.3. The van der Waals surface area contributed by atoms with Crippen molar-refractivity contribution in [2.75, 3.05) is 46.9 Å². The molecule has 0 bridgehead atoms. The van der Waals surface area contributed by atoms with Gasteiger partial charge in [-0.15, -0.1) is 0 Å². The quantitative estimate of drug-likeness (QED) is 0.595. The molecule has 0 radical (unpaired) electrons. The highest BCUT2D eigenvalue weighted by molar-refractivity contribution is 6.30. The average Bonchev–Trinajstić information content (AvgIpc) is 2.96. The van der Waals surface area contributed by atoms with E-state index in [1.807, 2.05) is 36.4 Å². The van der Waals surface area contributed by atoms with E-state index in [0.29, 0.717) is 6.42 Å².